The first-order valence-electron chi connectivity index (χ1n) is 6.58. The molecule has 0 aliphatic rings. The maximum Gasteiger partial charge on any atom is 0.0549 e. The summed E-state index contributed by atoms with van der Waals surface area (Å²) in [6, 6.07) is 0.548. The summed E-state index contributed by atoms with van der Waals surface area (Å²) >= 11 is 0. The first-order chi connectivity index (χ1) is 7.23. The van der Waals surface area contributed by atoms with Crippen molar-refractivity contribution in [3.8, 4) is 0 Å². The van der Waals surface area contributed by atoms with E-state index in [1.807, 2.05) is 0 Å². The molecule has 16 heavy (non-hydrogen) atoms. The minimum Gasteiger partial charge on any atom is -0.378 e. The third kappa shape index (κ3) is 9.17. The molecule has 0 spiro atoms. The van der Waals surface area contributed by atoms with E-state index in [4.69, 9.17) is 4.74 Å². The van der Waals surface area contributed by atoms with Crippen molar-refractivity contribution < 1.29 is 4.74 Å². The van der Waals surface area contributed by atoms with E-state index in [1.54, 1.807) is 0 Å². The molecule has 0 aromatic heterocycles. The van der Waals surface area contributed by atoms with Crippen LogP contribution in [0.4, 0.5) is 0 Å². The molecule has 0 radical (unpaired) electrons. The van der Waals surface area contributed by atoms with Crippen LogP contribution in [-0.4, -0.2) is 25.3 Å². The summed E-state index contributed by atoms with van der Waals surface area (Å²) < 4.78 is 5.91. The van der Waals surface area contributed by atoms with E-state index >= 15 is 0 Å². The van der Waals surface area contributed by atoms with E-state index in [-0.39, 0.29) is 5.41 Å². The van der Waals surface area contributed by atoms with Crippen LogP contribution in [-0.2, 0) is 4.74 Å². The largest absolute Gasteiger partial charge is 0.378 e. The van der Waals surface area contributed by atoms with Gasteiger partial charge in [0.15, 0.2) is 0 Å². The molecule has 0 rings (SSSR count). The monoisotopic (exact) mass is 229 g/mol. The van der Waals surface area contributed by atoms with Crippen LogP contribution in [0.1, 0.15) is 54.9 Å². The van der Waals surface area contributed by atoms with Crippen LogP contribution in [0, 0.1) is 11.3 Å². The fourth-order valence-electron chi connectivity index (χ4n) is 1.63. The molecule has 0 saturated heterocycles. The Bertz CT molecular complexity index is 176. The van der Waals surface area contributed by atoms with Crippen molar-refractivity contribution in [2.45, 2.75) is 67.0 Å². The first kappa shape index (κ1) is 15.9. The summed E-state index contributed by atoms with van der Waals surface area (Å²) in [5.74, 6) is 0.715. The molecule has 0 bridgehead atoms. The van der Waals surface area contributed by atoms with E-state index < -0.39 is 0 Å². The van der Waals surface area contributed by atoms with Crippen molar-refractivity contribution in [3.63, 3.8) is 0 Å². The average Bonchev–Trinajstić information content (AvgIpc) is 2.11. The van der Waals surface area contributed by atoms with E-state index in [2.05, 4.69) is 53.8 Å². The summed E-state index contributed by atoms with van der Waals surface area (Å²) in [4.78, 5) is 0. The summed E-state index contributed by atoms with van der Waals surface area (Å²) in [5.41, 5.74) is 0.218. The molecule has 0 aromatic carbocycles. The zero-order valence-corrected chi connectivity index (χ0v) is 12.3. The van der Waals surface area contributed by atoms with Crippen LogP contribution in [0.5, 0.6) is 0 Å². The van der Waals surface area contributed by atoms with Gasteiger partial charge in [0.05, 0.1) is 12.7 Å². The Labute approximate surface area is 102 Å². The third-order valence-electron chi connectivity index (χ3n) is 2.55. The maximum atomic E-state index is 5.91. The number of ether oxygens (including phenoxy) is 1. The lowest BCUT2D eigenvalue weighted by molar-refractivity contribution is 0.00248. The van der Waals surface area contributed by atoms with Crippen LogP contribution in [0.25, 0.3) is 0 Å². The van der Waals surface area contributed by atoms with Gasteiger partial charge in [0.25, 0.3) is 0 Å². The van der Waals surface area contributed by atoms with Gasteiger partial charge < -0.3 is 10.1 Å². The molecular formula is C14H31NO. The SMILES string of the molecule is CC(C)CC(C)OCC(C)(C)CNC(C)C. The normalized spacial score (nSPS) is 14.8. The van der Waals surface area contributed by atoms with Gasteiger partial charge in [-0.15, -0.1) is 0 Å². The zero-order chi connectivity index (χ0) is 12.8. The Morgan fingerprint density at radius 3 is 2.06 bits per heavy atom. The van der Waals surface area contributed by atoms with Gasteiger partial charge >= 0.3 is 0 Å². The highest BCUT2D eigenvalue weighted by atomic mass is 16.5. The van der Waals surface area contributed by atoms with Gasteiger partial charge in [0.1, 0.15) is 0 Å². The van der Waals surface area contributed by atoms with Crippen molar-refractivity contribution in [2.24, 2.45) is 11.3 Å². The predicted molar refractivity (Wildman–Crippen MR) is 71.8 cm³/mol. The molecule has 98 valence electrons. The standard InChI is InChI=1S/C14H31NO/c1-11(2)8-13(5)16-10-14(6,7)9-15-12(3)4/h11-13,15H,8-10H2,1-7H3. The second kappa shape index (κ2) is 7.29. The molecule has 1 N–H and O–H groups in total. The summed E-state index contributed by atoms with van der Waals surface area (Å²) in [6.07, 6.45) is 1.52. The highest BCUT2D eigenvalue weighted by Crippen LogP contribution is 2.17. The lowest BCUT2D eigenvalue weighted by atomic mass is 9.94. The molecule has 2 nitrogen and oxygen atoms in total. The van der Waals surface area contributed by atoms with Crippen LogP contribution in [0.3, 0.4) is 0 Å². The van der Waals surface area contributed by atoms with Gasteiger partial charge in [0.2, 0.25) is 0 Å². The fraction of sp³-hybridized carbons (Fsp3) is 1.00. The van der Waals surface area contributed by atoms with Gasteiger partial charge in [-0.1, -0.05) is 41.5 Å². The van der Waals surface area contributed by atoms with E-state index in [1.165, 1.54) is 0 Å². The molecule has 0 saturated carbocycles. The van der Waals surface area contributed by atoms with Crippen molar-refractivity contribution in [3.05, 3.63) is 0 Å². The number of hydrogen-bond donors (Lipinski definition) is 1. The second-order valence-corrected chi connectivity index (χ2v) is 6.45. The minimum absolute atomic E-state index is 0.218. The predicted octanol–water partition coefficient (Wildman–Crippen LogP) is 3.46. The molecule has 0 aliphatic heterocycles. The van der Waals surface area contributed by atoms with Gasteiger partial charge in [-0.3, -0.25) is 0 Å². The summed E-state index contributed by atoms with van der Waals surface area (Å²) in [6.45, 7) is 17.4. The smallest absolute Gasteiger partial charge is 0.0549 e. The first-order valence-corrected chi connectivity index (χ1v) is 6.58. The average molecular weight is 229 g/mol. The molecule has 1 unspecified atom stereocenters. The van der Waals surface area contributed by atoms with E-state index in [0.29, 0.717) is 18.1 Å². The molecular weight excluding hydrogens is 198 g/mol. The molecule has 0 heterocycles. The van der Waals surface area contributed by atoms with Crippen LogP contribution in [0.15, 0.2) is 0 Å². The Morgan fingerprint density at radius 2 is 1.62 bits per heavy atom. The van der Waals surface area contributed by atoms with Gasteiger partial charge in [0, 0.05) is 18.0 Å². The summed E-state index contributed by atoms with van der Waals surface area (Å²) in [7, 11) is 0. The lowest BCUT2D eigenvalue weighted by Crippen LogP contribution is -2.37. The quantitative estimate of drug-likeness (QED) is 0.688. The Hall–Kier alpha value is -0.0800. The van der Waals surface area contributed by atoms with E-state index in [9.17, 15) is 0 Å². The molecule has 0 aliphatic carbocycles. The number of hydrogen-bond acceptors (Lipinski definition) is 2. The Morgan fingerprint density at radius 1 is 1.06 bits per heavy atom. The highest BCUT2D eigenvalue weighted by Gasteiger charge is 2.19. The lowest BCUT2D eigenvalue weighted by Gasteiger charge is -2.28. The zero-order valence-electron chi connectivity index (χ0n) is 12.3. The Balaban J connectivity index is 3.79. The van der Waals surface area contributed by atoms with Gasteiger partial charge in [-0.05, 0) is 19.3 Å². The second-order valence-electron chi connectivity index (χ2n) is 6.45. The molecule has 0 aromatic rings. The maximum absolute atomic E-state index is 5.91. The van der Waals surface area contributed by atoms with Crippen LogP contribution in [0.2, 0.25) is 0 Å². The van der Waals surface area contributed by atoms with Crippen LogP contribution < -0.4 is 5.32 Å². The molecule has 0 amide bonds. The van der Waals surface area contributed by atoms with Crippen molar-refractivity contribution >= 4 is 0 Å². The number of rotatable bonds is 8. The highest BCUT2D eigenvalue weighted by molar-refractivity contribution is 4.73. The molecule has 0 fully saturated rings. The molecule has 1 atom stereocenters. The Kier molecular flexibility index (Phi) is 7.25. The number of nitrogens with one attached hydrogen (secondary N) is 1. The minimum atomic E-state index is 0.218. The van der Waals surface area contributed by atoms with Gasteiger partial charge in [-0.2, -0.15) is 0 Å². The van der Waals surface area contributed by atoms with Crippen molar-refractivity contribution in [1.29, 1.82) is 0 Å². The van der Waals surface area contributed by atoms with Crippen LogP contribution >= 0.6 is 0 Å². The van der Waals surface area contributed by atoms with E-state index in [0.717, 1.165) is 19.6 Å². The van der Waals surface area contributed by atoms with Crippen molar-refractivity contribution in [1.82, 2.24) is 5.32 Å². The topological polar surface area (TPSA) is 21.3 Å². The fourth-order valence-corrected chi connectivity index (χ4v) is 1.63. The summed E-state index contributed by atoms with van der Waals surface area (Å²) in [5, 5.41) is 3.47. The van der Waals surface area contributed by atoms with Gasteiger partial charge in [-0.25, -0.2) is 0 Å². The third-order valence-corrected chi connectivity index (χ3v) is 2.55. The van der Waals surface area contributed by atoms with Crippen molar-refractivity contribution in [2.75, 3.05) is 13.2 Å². The molecule has 2 heteroatoms.